The topological polar surface area (TPSA) is 115 Å². The Morgan fingerprint density at radius 1 is 1.06 bits per heavy atom. The Morgan fingerprint density at radius 2 is 1.77 bits per heavy atom. The Hall–Kier alpha value is -2.73. The van der Waals surface area contributed by atoms with Crippen LogP contribution in [0.1, 0.15) is 10.4 Å². The predicted octanol–water partition coefficient (Wildman–Crippen LogP) is 2.73. The van der Waals surface area contributed by atoms with Crippen molar-refractivity contribution in [3.05, 3.63) is 54.1 Å². The lowest BCUT2D eigenvalue weighted by molar-refractivity contribution is 0.0730. The summed E-state index contributed by atoms with van der Waals surface area (Å²) in [4.78, 5) is 13.6. The van der Waals surface area contributed by atoms with Gasteiger partial charge in [-0.1, -0.05) is 17.2 Å². The molecule has 31 heavy (non-hydrogen) atoms. The van der Waals surface area contributed by atoms with Gasteiger partial charge in [0.1, 0.15) is 0 Å². The number of rotatable bonds is 6. The Balaban J connectivity index is 1.47. The zero-order valence-electron chi connectivity index (χ0n) is 16.6. The normalized spacial score (nSPS) is 15.0. The third-order valence-corrected chi connectivity index (χ3v) is 7.42. The highest BCUT2D eigenvalue weighted by atomic mass is 32.2. The maximum Gasteiger partial charge on any atom is 0.322 e. The summed E-state index contributed by atoms with van der Waals surface area (Å²) >= 11 is 1.55. The SMILES string of the molecule is CSc1ccccc1-c1nnc(NC(=O)c2ccc(S(=O)(=O)N3CCOCC3)cc2)o1. The van der Waals surface area contributed by atoms with E-state index in [0.29, 0.717) is 32.2 Å². The lowest BCUT2D eigenvalue weighted by Crippen LogP contribution is -2.40. The van der Waals surface area contributed by atoms with Gasteiger partial charge in [0.2, 0.25) is 10.0 Å². The fourth-order valence-corrected chi connectivity index (χ4v) is 5.09. The van der Waals surface area contributed by atoms with E-state index in [-0.39, 0.29) is 16.5 Å². The number of carbonyl (C=O) groups is 1. The van der Waals surface area contributed by atoms with E-state index < -0.39 is 15.9 Å². The van der Waals surface area contributed by atoms with E-state index in [2.05, 4.69) is 15.5 Å². The molecule has 0 bridgehead atoms. The molecular weight excluding hydrogens is 440 g/mol. The fourth-order valence-electron chi connectivity index (χ4n) is 3.09. The first-order valence-electron chi connectivity index (χ1n) is 9.45. The first-order valence-corrected chi connectivity index (χ1v) is 12.1. The predicted molar refractivity (Wildman–Crippen MR) is 115 cm³/mol. The molecule has 0 saturated carbocycles. The zero-order chi connectivity index (χ0) is 21.8. The van der Waals surface area contributed by atoms with E-state index >= 15 is 0 Å². The number of carbonyl (C=O) groups excluding carboxylic acids is 1. The molecule has 0 spiro atoms. The standard InChI is InChI=1S/C20H20N4O5S2/c1-30-17-5-3-2-4-16(17)19-22-23-20(29-19)21-18(25)14-6-8-15(9-7-14)31(26,27)24-10-12-28-13-11-24/h2-9H,10-13H2,1H3,(H,21,23,25). The van der Waals surface area contributed by atoms with Gasteiger partial charge in [0.05, 0.1) is 23.7 Å². The zero-order valence-corrected chi connectivity index (χ0v) is 18.3. The number of aromatic nitrogens is 2. The molecule has 0 atom stereocenters. The first-order chi connectivity index (χ1) is 15.0. The van der Waals surface area contributed by atoms with Crippen molar-refractivity contribution in [1.82, 2.24) is 14.5 Å². The number of nitrogens with one attached hydrogen (secondary N) is 1. The molecule has 1 N–H and O–H groups in total. The Kier molecular flexibility index (Phi) is 6.37. The quantitative estimate of drug-likeness (QED) is 0.559. The summed E-state index contributed by atoms with van der Waals surface area (Å²) in [5, 5.41) is 10.4. The van der Waals surface area contributed by atoms with E-state index in [1.807, 2.05) is 30.5 Å². The average Bonchev–Trinajstić information content (AvgIpc) is 3.28. The number of hydrogen-bond donors (Lipinski definition) is 1. The molecule has 3 aromatic rings. The van der Waals surface area contributed by atoms with Crippen LogP contribution in [0.5, 0.6) is 0 Å². The third kappa shape index (κ3) is 4.64. The largest absolute Gasteiger partial charge is 0.403 e. The van der Waals surface area contributed by atoms with Gasteiger partial charge in [-0.15, -0.1) is 16.9 Å². The van der Waals surface area contributed by atoms with Crippen molar-refractivity contribution in [2.24, 2.45) is 0 Å². The van der Waals surface area contributed by atoms with E-state index in [1.165, 1.54) is 28.6 Å². The minimum Gasteiger partial charge on any atom is -0.403 e. The molecule has 2 aromatic carbocycles. The fraction of sp³-hybridized carbons (Fsp3) is 0.250. The molecule has 1 amide bonds. The molecule has 162 valence electrons. The minimum absolute atomic E-state index is 0.0408. The number of nitrogens with zero attached hydrogens (tertiary/aromatic N) is 3. The number of benzene rings is 2. The Morgan fingerprint density at radius 3 is 2.48 bits per heavy atom. The van der Waals surface area contributed by atoms with Crippen LogP contribution in [0.3, 0.4) is 0 Å². The van der Waals surface area contributed by atoms with Gasteiger partial charge in [-0.2, -0.15) is 4.31 Å². The molecule has 2 heterocycles. The van der Waals surface area contributed by atoms with Crippen LogP contribution < -0.4 is 5.32 Å². The molecule has 0 unspecified atom stereocenters. The second-order valence-electron chi connectivity index (χ2n) is 6.61. The van der Waals surface area contributed by atoms with Crippen molar-refractivity contribution in [3.8, 4) is 11.5 Å². The molecule has 11 heteroatoms. The molecular formula is C20H20N4O5S2. The Labute approximate surface area is 183 Å². The van der Waals surface area contributed by atoms with Crippen molar-refractivity contribution in [2.75, 3.05) is 37.9 Å². The van der Waals surface area contributed by atoms with Crippen molar-refractivity contribution < 1.29 is 22.4 Å². The molecule has 0 aliphatic carbocycles. The van der Waals surface area contributed by atoms with Crippen LogP contribution >= 0.6 is 11.8 Å². The maximum absolute atomic E-state index is 12.7. The highest BCUT2D eigenvalue weighted by molar-refractivity contribution is 7.98. The second-order valence-corrected chi connectivity index (χ2v) is 9.39. The third-order valence-electron chi connectivity index (χ3n) is 4.71. The highest BCUT2D eigenvalue weighted by Crippen LogP contribution is 2.29. The van der Waals surface area contributed by atoms with Crippen molar-refractivity contribution in [3.63, 3.8) is 0 Å². The van der Waals surface area contributed by atoms with Gasteiger partial charge in [-0.25, -0.2) is 8.42 Å². The summed E-state index contributed by atoms with van der Waals surface area (Å²) in [5.74, 6) is -0.184. The smallest absolute Gasteiger partial charge is 0.322 e. The number of amides is 1. The van der Waals surface area contributed by atoms with Crippen molar-refractivity contribution in [2.45, 2.75) is 9.79 Å². The Bertz CT molecular complexity index is 1170. The minimum atomic E-state index is -3.62. The monoisotopic (exact) mass is 460 g/mol. The lowest BCUT2D eigenvalue weighted by Gasteiger charge is -2.26. The van der Waals surface area contributed by atoms with Crippen molar-refractivity contribution >= 4 is 33.7 Å². The molecule has 1 aliphatic heterocycles. The van der Waals surface area contributed by atoms with Crippen LogP contribution in [0.4, 0.5) is 6.01 Å². The number of sulfonamides is 1. The lowest BCUT2D eigenvalue weighted by atomic mass is 10.2. The van der Waals surface area contributed by atoms with E-state index in [9.17, 15) is 13.2 Å². The number of morpholine rings is 1. The number of hydrogen-bond acceptors (Lipinski definition) is 8. The molecule has 9 nitrogen and oxygen atoms in total. The summed E-state index contributed by atoms with van der Waals surface area (Å²) in [6.45, 7) is 1.36. The maximum atomic E-state index is 12.7. The first kappa shape index (κ1) is 21.5. The van der Waals surface area contributed by atoms with E-state index in [1.54, 1.807) is 11.8 Å². The highest BCUT2D eigenvalue weighted by Gasteiger charge is 2.26. The van der Waals surface area contributed by atoms with E-state index in [4.69, 9.17) is 9.15 Å². The molecule has 1 aliphatic rings. The van der Waals surface area contributed by atoms with Gasteiger partial charge in [0.15, 0.2) is 0 Å². The van der Waals surface area contributed by atoms with Gasteiger partial charge in [-0.05, 0) is 42.7 Å². The second kappa shape index (κ2) is 9.18. The van der Waals surface area contributed by atoms with Crippen LogP contribution in [-0.2, 0) is 14.8 Å². The van der Waals surface area contributed by atoms with Gasteiger partial charge < -0.3 is 9.15 Å². The summed E-state index contributed by atoms with van der Waals surface area (Å²) < 4.78 is 37.5. The van der Waals surface area contributed by atoms with Crippen LogP contribution in [0.25, 0.3) is 11.5 Å². The number of ether oxygens (including phenoxy) is 1. The summed E-state index contributed by atoms with van der Waals surface area (Å²) in [6.07, 6.45) is 1.95. The van der Waals surface area contributed by atoms with E-state index in [0.717, 1.165) is 10.5 Å². The summed E-state index contributed by atoms with van der Waals surface area (Å²) in [5.41, 5.74) is 1.05. The van der Waals surface area contributed by atoms with Crippen LogP contribution in [0.2, 0.25) is 0 Å². The molecule has 0 radical (unpaired) electrons. The number of anilines is 1. The van der Waals surface area contributed by atoms with Crippen LogP contribution in [-0.4, -0.2) is 61.4 Å². The molecule has 1 fully saturated rings. The van der Waals surface area contributed by atoms with Crippen molar-refractivity contribution in [1.29, 1.82) is 0 Å². The van der Waals surface area contributed by atoms with Gasteiger partial charge in [-0.3, -0.25) is 10.1 Å². The number of thioether (sulfide) groups is 1. The van der Waals surface area contributed by atoms with Crippen LogP contribution in [0, 0.1) is 0 Å². The molecule has 1 aromatic heterocycles. The van der Waals surface area contributed by atoms with Crippen LogP contribution in [0.15, 0.2) is 62.7 Å². The summed E-state index contributed by atoms with van der Waals surface area (Å²) in [6, 6.07) is 13.3. The van der Waals surface area contributed by atoms with Gasteiger partial charge >= 0.3 is 6.01 Å². The van der Waals surface area contributed by atoms with Gasteiger partial charge in [0, 0.05) is 23.5 Å². The molecule has 4 rings (SSSR count). The molecule has 1 saturated heterocycles. The average molecular weight is 461 g/mol. The summed E-state index contributed by atoms with van der Waals surface area (Å²) in [7, 11) is -3.62. The van der Waals surface area contributed by atoms with Gasteiger partial charge in [0.25, 0.3) is 11.8 Å².